The van der Waals surface area contributed by atoms with Crippen molar-refractivity contribution in [2.45, 2.75) is 19.8 Å². The van der Waals surface area contributed by atoms with Crippen LogP contribution in [0.15, 0.2) is 18.2 Å². The SMILES string of the molecule is CNC[C@@H]1CCCN(C(=O)c2ccc(F)c(C)c2)C1. The van der Waals surface area contributed by atoms with Crippen molar-refractivity contribution in [3.63, 3.8) is 0 Å². The van der Waals surface area contributed by atoms with E-state index in [4.69, 9.17) is 0 Å². The molecule has 2 rings (SSSR count). The molecule has 1 aromatic carbocycles. The van der Waals surface area contributed by atoms with E-state index < -0.39 is 0 Å². The molecule has 1 fully saturated rings. The first-order valence-electron chi connectivity index (χ1n) is 6.82. The minimum absolute atomic E-state index is 0.0175. The first-order chi connectivity index (χ1) is 9.11. The highest BCUT2D eigenvalue weighted by atomic mass is 19.1. The Kier molecular flexibility index (Phi) is 4.53. The molecule has 1 amide bonds. The summed E-state index contributed by atoms with van der Waals surface area (Å²) in [6.45, 7) is 4.21. The van der Waals surface area contributed by atoms with Gasteiger partial charge in [-0.1, -0.05) is 0 Å². The van der Waals surface area contributed by atoms with Crippen LogP contribution in [0.4, 0.5) is 4.39 Å². The Morgan fingerprint density at radius 1 is 1.53 bits per heavy atom. The molecule has 19 heavy (non-hydrogen) atoms. The number of aryl methyl sites for hydroxylation is 1. The molecule has 0 bridgehead atoms. The molecule has 1 heterocycles. The molecule has 0 spiro atoms. The number of amides is 1. The summed E-state index contributed by atoms with van der Waals surface area (Å²) in [6.07, 6.45) is 2.20. The monoisotopic (exact) mass is 264 g/mol. The van der Waals surface area contributed by atoms with E-state index in [1.807, 2.05) is 11.9 Å². The normalized spacial score (nSPS) is 19.5. The maximum atomic E-state index is 13.2. The third kappa shape index (κ3) is 3.32. The Bertz CT molecular complexity index is 459. The van der Waals surface area contributed by atoms with Crippen LogP contribution >= 0.6 is 0 Å². The Hall–Kier alpha value is -1.42. The number of rotatable bonds is 3. The smallest absolute Gasteiger partial charge is 0.253 e. The Labute approximate surface area is 113 Å². The number of carbonyl (C=O) groups is 1. The van der Waals surface area contributed by atoms with E-state index in [0.717, 1.165) is 32.5 Å². The Morgan fingerprint density at radius 3 is 3.00 bits per heavy atom. The second-order valence-electron chi connectivity index (χ2n) is 5.28. The standard InChI is InChI=1S/C15H21FN2O/c1-11-8-13(5-6-14(11)16)15(19)18-7-3-4-12(10-18)9-17-2/h5-6,8,12,17H,3-4,7,9-10H2,1-2H3/t12-/m0/s1. The highest BCUT2D eigenvalue weighted by Gasteiger charge is 2.24. The zero-order chi connectivity index (χ0) is 13.8. The number of halogens is 1. The number of hydrogen-bond acceptors (Lipinski definition) is 2. The van der Waals surface area contributed by atoms with Gasteiger partial charge in [0.1, 0.15) is 5.82 Å². The zero-order valence-electron chi connectivity index (χ0n) is 11.6. The van der Waals surface area contributed by atoms with Crippen molar-refractivity contribution in [2.75, 3.05) is 26.7 Å². The van der Waals surface area contributed by atoms with Gasteiger partial charge in [0, 0.05) is 18.7 Å². The lowest BCUT2D eigenvalue weighted by Crippen LogP contribution is -2.42. The molecule has 4 heteroatoms. The van der Waals surface area contributed by atoms with Gasteiger partial charge in [0.05, 0.1) is 0 Å². The van der Waals surface area contributed by atoms with E-state index in [9.17, 15) is 9.18 Å². The summed E-state index contributed by atoms with van der Waals surface area (Å²) in [7, 11) is 1.93. The van der Waals surface area contributed by atoms with Crippen LogP contribution in [0.2, 0.25) is 0 Å². The fourth-order valence-electron chi connectivity index (χ4n) is 2.67. The highest BCUT2D eigenvalue weighted by Crippen LogP contribution is 2.19. The van der Waals surface area contributed by atoms with E-state index in [2.05, 4.69) is 5.32 Å². The molecule has 1 atom stereocenters. The predicted octanol–water partition coefficient (Wildman–Crippen LogP) is 2.21. The molecule has 0 aromatic heterocycles. The topological polar surface area (TPSA) is 32.3 Å². The number of benzene rings is 1. The summed E-state index contributed by atoms with van der Waals surface area (Å²) in [5.74, 6) is 0.274. The quantitative estimate of drug-likeness (QED) is 0.907. The number of nitrogens with one attached hydrogen (secondary N) is 1. The van der Waals surface area contributed by atoms with Crippen molar-refractivity contribution in [1.82, 2.24) is 10.2 Å². The van der Waals surface area contributed by atoms with Gasteiger partial charge in [-0.15, -0.1) is 0 Å². The number of carbonyl (C=O) groups excluding carboxylic acids is 1. The summed E-state index contributed by atoms with van der Waals surface area (Å²) >= 11 is 0. The first-order valence-corrected chi connectivity index (χ1v) is 6.82. The van der Waals surface area contributed by atoms with Gasteiger partial charge >= 0.3 is 0 Å². The van der Waals surface area contributed by atoms with Crippen molar-refractivity contribution in [3.05, 3.63) is 35.1 Å². The minimum Gasteiger partial charge on any atom is -0.338 e. The molecule has 1 saturated heterocycles. The molecule has 1 aliphatic heterocycles. The third-order valence-corrected chi connectivity index (χ3v) is 3.70. The predicted molar refractivity (Wildman–Crippen MR) is 73.7 cm³/mol. The molecule has 1 aromatic rings. The van der Waals surface area contributed by atoms with Crippen LogP contribution in [0.5, 0.6) is 0 Å². The van der Waals surface area contributed by atoms with Gasteiger partial charge in [0.2, 0.25) is 0 Å². The number of piperidine rings is 1. The van der Waals surface area contributed by atoms with Gasteiger partial charge < -0.3 is 10.2 Å². The van der Waals surface area contributed by atoms with E-state index >= 15 is 0 Å². The van der Waals surface area contributed by atoms with Crippen molar-refractivity contribution in [3.8, 4) is 0 Å². The van der Waals surface area contributed by atoms with Crippen LogP contribution in [-0.2, 0) is 0 Å². The largest absolute Gasteiger partial charge is 0.338 e. The molecular formula is C15H21FN2O. The number of hydrogen-bond donors (Lipinski definition) is 1. The lowest BCUT2D eigenvalue weighted by molar-refractivity contribution is 0.0674. The van der Waals surface area contributed by atoms with E-state index in [1.165, 1.54) is 6.07 Å². The Morgan fingerprint density at radius 2 is 2.32 bits per heavy atom. The van der Waals surface area contributed by atoms with Gasteiger partial charge in [0.15, 0.2) is 0 Å². The second kappa shape index (κ2) is 6.15. The van der Waals surface area contributed by atoms with Gasteiger partial charge in [-0.3, -0.25) is 4.79 Å². The third-order valence-electron chi connectivity index (χ3n) is 3.70. The average molecular weight is 264 g/mol. The van der Waals surface area contributed by atoms with Crippen LogP contribution in [0.25, 0.3) is 0 Å². The van der Waals surface area contributed by atoms with Crippen molar-refractivity contribution in [1.29, 1.82) is 0 Å². The Balaban J connectivity index is 2.08. The summed E-state index contributed by atoms with van der Waals surface area (Å²) in [4.78, 5) is 14.3. The average Bonchev–Trinajstić information content (AvgIpc) is 2.42. The lowest BCUT2D eigenvalue weighted by Gasteiger charge is -2.32. The molecule has 0 aliphatic carbocycles. The van der Waals surface area contributed by atoms with Crippen molar-refractivity contribution >= 4 is 5.91 Å². The van der Waals surface area contributed by atoms with Gasteiger partial charge in [-0.25, -0.2) is 4.39 Å². The van der Waals surface area contributed by atoms with Gasteiger partial charge in [0.25, 0.3) is 5.91 Å². The molecule has 0 unspecified atom stereocenters. The number of likely N-dealkylation sites (tertiary alicyclic amines) is 1. The summed E-state index contributed by atoms with van der Waals surface area (Å²) in [5.41, 5.74) is 1.11. The maximum Gasteiger partial charge on any atom is 0.253 e. The van der Waals surface area contributed by atoms with Gasteiger partial charge in [-0.05, 0) is 63.0 Å². The summed E-state index contributed by atoms with van der Waals surface area (Å²) < 4.78 is 13.2. The van der Waals surface area contributed by atoms with Crippen molar-refractivity contribution in [2.24, 2.45) is 5.92 Å². The van der Waals surface area contributed by atoms with Crippen molar-refractivity contribution < 1.29 is 9.18 Å². The van der Waals surface area contributed by atoms with Crippen LogP contribution < -0.4 is 5.32 Å². The number of nitrogens with zero attached hydrogens (tertiary/aromatic N) is 1. The van der Waals surface area contributed by atoms with Crippen LogP contribution in [0.1, 0.15) is 28.8 Å². The minimum atomic E-state index is -0.261. The van der Waals surface area contributed by atoms with E-state index in [-0.39, 0.29) is 11.7 Å². The molecule has 1 aliphatic rings. The van der Waals surface area contributed by atoms with Crippen LogP contribution in [0.3, 0.4) is 0 Å². The summed E-state index contributed by atoms with van der Waals surface area (Å²) in [6, 6.07) is 4.59. The summed E-state index contributed by atoms with van der Waals surface area (Å²) in [5, 5.41) is 3.17. The fraction of sp³-hybridized carbons (Fsp3) is 0.533. The second-order valence-corrected chi connectivity index (χ2v) is 5.28. The molecule has 104 valence electrons. The molecular weight excluding hydrogens is 243 g/mol. The zero-order valence-corrected chi connectivity index (χ0v) is 11.6. The maximum absolute atomic E-state index is 13.2. The van der Waals surface area contributed by atoms with Crippen LogP contribution in [-0.4, -0.2) is 37.5 Å². The van der Waals surface area contributed by atoms with E-state index in [0.29, 0.717) is 17.0 Å². The lowest BCUT2D eigenvalue weighted by atomic mass is 9.97. The van der Waals surface area contributed by atoms with Gasteiger partial charge in [-0.2, -0.15) is 0 Å². The molecule has 0 radical (unpaired) electrons. The first kappa shape index (κ1) is 14.0. The fourth-order valence-corrected chi connectivity index (χ4v) is 2.67. The molecule has 1 N–H and O–H groups in total. The van der Waals surface area contributed by atoms with Crippen LogP contribution in [0, 0.1) is 18.7 Å². The molecule has 3 nitrogen and oxygen atoms in total. The van der Waals surface area contributed by atoms with E-state index in [1.54, 1.807) is 19.1 Å². The molecule has 0 saturated carbocycles. The highest BCUT2D eigenvalue weighted by molar-refractivity contribution is 5.94.